The highest BCUT2D eigenvalue weighted by Gasteiger charge is 2.32. The molecule has 33 heavy (non-hydrogen) atoms. The second-order valence-corrected chi connectivity index (χ2v) is 9.07. The Bertz CT molecular complexity index is 1220. The van der Waals surface area contributed by atoms with Gasteiger partial charge in [-0.25, -0.2) is 4.98 Å². The van der Waals surface area contributed by atoms with Gasteiger partial charge >= 0.3 is 0 Å². The zero-order valence-corrected chi connectivity index (χ0v) is 19.5. The van der Waals surface area contributed by atoms with E-state index >= 15 is 0 Å². The van der Waals surface area contributed by atoms with Gasteiger partial charge in [0.2, 0.25) is 10.8 Å². The highest BCUT2D eigenvalue weighted by Crippen LogP contribution is 2.42. The van der Waals surface area contributed by atoms with Crippen molar-refractivity contribution in [1.82, 2.24) is 24.4 Å². The molecule has 0 radical (unpaired) electrons. The van der Waals surface area contributed by atoms with Crippen LogP contribution in [-0.4, -0.2) is 69.9 Å². The van der Waals surface area contributed by atoms with Gasteiger partial charge in [-0.15, -0.1) is 0 Å². The molecule has 2 aromatic heterocycles. The third kappa shape index (κ3) is 4.27. The molecule has 1 saturated heterocycles. The van der Waals surface area contributed by atoms with Crippen LogP contribution < -0.4 is 9.47 Å². The number of fused-ring (bicyclic) bond motifs is 1. The number of rotatable bonds is 7. The number of aromatic hydroxyl groups is 1. The van der Waals surface area contributed by atoms with Crippen molar-refractivity contribution >= 4 is 16.3 Å². The molecule has 172 valence electrons. The minimum atomic E-state index is -0.141. The van der Waals surface area contributed by atoms with E-state index in [-0.39, 0.29) is 11.9 Å². The molecule has 3 heterocycles. The fourth-order valence-electron chi connectivity index (χ4n) is 4.44. The van der Waals surface area contributed by atoms with Crippen LogP contribution in [0.15, 0.2) is 54.9 Å². The van der Waals surface area contributed by atoms with Gasteiger partial charge < -0.3 is 14.6 Å². The second-order valence-electron chi connectivity index (χ2n) is 8.06. The summed E-state index contributed by atoms with van der Waals surface area (Å²) in [5.41, 5.74) is 2.36. The van der Waals surface area contributed by atoms with Crippen LogP contribution in [0.3, 0.4) is 0 Å². The van der Waals surface area contributed by atoms with Gasteiger partial charge in [0.05, 0.1) is 25.1 Å². The molecule has 8 nitrogen and oxygen atoms in total. The molecule has 0 saturated carbocycles. The number of hydrogen-bond donors (Lipinski definition) is 1. The zero-order chi connectivity index (χ0) is 22.8. The number of aromatic nitrogens is 3. The van der Waals surface area contributed by atoms with Gasteiger partial charge in [0.15, 0.2) is 11.5 Å². The summed E-state index contributed by atoms with van der Waals surface area (Å²) in [5.74, 6) is 1.49. The SMILES string of the molecule is COc1ccc([C@H](c2sc3ncnn3c2O)N2CCN(Cc3ccccc3)CC2)cc1OC. The van der Waals surface area contributed by atoms with Crippen molar-refractivity contribution in [2.24, 2.45) is 0 Å². The van der Waals surface area contributed by atoms with Crippen LogP contribution in [0.1, 0.15) is 22.0 Å². The van der Waals surface area contributed by atoms with Gasteiger partial charge in [-0.3, -0.25) is 9.80 Å². The Balaban J connectivity index is 1.45. The maximum atomic E-state index is 11.0. The number of piperazine rings is 1. The van der Waals surface area contributed by atoms with Gasteiger partial charge in [0.25, 0.3) is 0 Å². The fraction of sp³-hybridized carbons (Fsp3) is 0.333. The largest absolute Gasteiger partial charge is 0.493 e. The molecule has 0 unspecified atom stereocenters. The summed E-state index contributed by atoms with van der Waals surface area (Å²) in [6.07, 6.45) is 1.46. The number of ether oxygens (including phenoxy) is 2. The van der Waals surface area contributed by atoms with Crippen molar-refractivity contribution in [3.05, 3.63) is 70.9 Å². The molecule has 1 fully saturated rings. The average Bonchev–Trinajstić information content (AvgIpc) is 3.44. The van der Waals surface area contributed by atoms with Crippen LogP contribution in [0.2, 0.25) is 0 Å². The number of methoxy groups -OCH3 is 2. The van der Waals surface area contributed by atoms with E-state index in [1.165, 1.54) is 27.7 Å². The summed E-state index contributed by atoms with van der Waals surface area (Å²) < 4.78 is 12.5. The van der Waals surface area contributed by atoms with Crippen molar-refractivity contribution in [3.63, 3.8) is 0 Å². The monoisotopic (exact) mass is 465 g/mol. The Morgan fingerprint density at radius 2 is 1.76 bits per heavy atom. The lowest BCUT2D eigenvalue weighted by Gasteiger charge is -2.39. The molecule has 1 atom stereocenters. The number of thiazole rings is 1. The molecule has 1 N–H and O–H groups in total. The van der Waals surface area contributed by atoms with Crippen LogP contribution in [-0.2, 0) is 6.54 Å². The second kappa shape index (κ2) is 9.38. The first-order valence-electron chi connectivity index (χ1n) is 10.9. The molecule has 1 aliphatic heterocycles. The minimum Gasteiger partial charge on any atom is -0.493 e. The first-order chi connectivity index (χ1) is 16.2. The highest BCUT2D eigenvalue weighted by atomic mass is 32.1. The van der Waals surface area contributed by atoms with E-state index in [4.69, 9.17) is 9.47 Å². The zero-order valence-electron chi connectivity index (χ0n) is 18.7. The normalized spacial score (nSPS) is 16.2. The quantitative estimate of drug-likeness (QED) is 0.448. The molecule has 4 aromatic rings. The Morgan fingerprint density at radius 3 is 2.45 bits per heavy atom. The van der Waals surface area contributed by atoms with Crippen molar-refractivity contribution in [3.8, 4) is 17.4 Å². The maximum Gasteiger partial charge on any atom is 0.230 e. The molecule has 0 aliphatic carbocycles. The highest BCUT2D eigenvalue weighted by molar-refractivity contribution is 7.17. The van der Waals surface area contributed by atoms with E-state index in [9.17, 15) is 5.11 Å². The summed E-state index contributed by atoms with van der Waals surface area (Å²) >= 11 is 1.47. The lowest BCUT2D eigenvalue weighted by atomic mass is 10.0. The Morgan fingerprint density at radius 1 is 1.00 bits per heavy atom. The fourth-order valence-corrected chi connectivity index (χ4v) is 5.54. The first-order valence-corrected chi connectivity index (χ1v) is 11.7. The molecule has 2 aromatic carbocycles. The molecule has 0 bridgehead atoms. The van der Waals surface area contributed by atoms with Gasteiger partial charge in [0, 0.05) is 32.7 Å². The van der Waals surface area contributed by atoms with Crippen molar-refractivity contribution in [2.45, 2.75) is 12.6 Å². The van der Waals surface area contributed by atoms with Crippen LogP contribution in [0.4, 0.5) is 0 Å². The van der Waals surface area contributed by atoms with Crippen LogP contribution >= 0.6 is 11.3 Å². The maximum absolute atomic E-state index is 11.0. The van der Waals surface area contributed by atoms with Gasteiger partial charge in [-0.2, -0.15) is 9.61 Å². The van der Waals surface area contributed by atoms with Crippen molar-refractivity contribution in [1.29, 1.82) is 0 Å². The van der Waals surface area contributed by atoms with Gasteiger partial charge in [-0.05, 0) is 23.3 Å². The Labute approximate surface area is 196 Å². The lowest BCUT2D eigenvalue weighted by Crippen LogP contribution is -2.47. The summed E-state index contributed by atoms with van der Waals surface area (Å²) in [5, 5.41) is 15.2. The summed E-state index contributed by atoms with van der Waals surface area (Å²) in [7, 11) is 3.27. The standard InChI is InChI=1S/C24H27N5O3S/c1-31-19-9-8-18(14-20(19)32-2)21(22-23(30)29-24(33-22)25-16-26-29)28-12-10-27(11-13-28)15-17-6-4-3-5-7-17/h3-9,14,16,21,30H,10-13,15H2,1-2H3/t21-/m1/s1. The predicted molar refractivity (Wildman–Crippen MR) is 127 cm³/mol. The van der Waals surface area contributed by atoms with E-state index in [2.05, 4.69) is 44.1 Å². The lowest BCUT2D eigenvalue weighted by molar-refractivity contribution is 0.105. The molecule has 5 rings (SSSR count). The van der Waals surface area contributed by atoms with Crippen LogP contribution in [0.5, 0.6) is 17.4 Å². The average molecular weight is 466 g/mol. The smallest absolute Gasteiger partial charge is 0.230 e. The van der Waals surface area contributed by atoms with E-state index in [0.717, 1.165) is 43.2 Å². The van der Waals surface area contributed by atoms with Crippen LogP contribution in [0, 0.1) is 0 Å². The van der Waals surface area contributed by atoms with Crippen molar-refractivity contribution < 1.29 is 14.6 Å². The van der Waals surface area contributed by atoms with Gasteiger partial charge in [0.1, 0.15) is 6.33 Å². The molecule has 9 heteroatoms. The van der Waals surface area contributed by atoms with E-state index < -0.39 is 0 Å². The summed E-state index contributed by atoms with van der Waals surface area (Å²) in [6, 6.07) is 16.4. The first kappa shape index (κ1) is 21.7. The van der Waals surface area contributed by atoms with E-state index in [1.807, 2.05) is 24.3 Å². The third-order valence-electron chi connectivity index (χ3n) is 6.13. The predicted octanol–water partition coefficient (Wildman–Crippen LogP) is 3.42. The molecular formula is C24H27N5O3S. The molecule has 1 aliphatic rings. The topological polar surface area (TPSA) is 75.4 Å². The van der Waals surface area contributed by atoms with Crippen LogP contribution in [0.25, 0.3) is 4.96 Å². The molecule has 0 spiro atoms. The molecular weight excluding hydrogens is 438 g/mol. The third-order valence-corrected chi connectivity index (χ3v) is 7.22. The summed E-state index contributed by atoms with van der Waals surface area (Å²) in [4.78, 5) is 10.7. The Hall–Kier alpha value is -3.14. The van der Waals surface area contributed by atoms with E-state index in [1.54, 1.807) is 14.2 Å². The number of hydrogen-bond acceptors (Lipinski definition) is 8. The summed E-state index contributed by atoms with van der Waals surface area (Å²) in [6.45, 7) is 4.58. The minimum absolute atomic E-state index is 0.138. The molecule has 0 amide bonds. The van der Waals surface area contributed by atoms with Gasteiger partial charge in [-0.1, -0.05) is 47.7 Å². The van der Waals surface area contributed by atoms with Crippen molar-refractivity contribution in [2.75, 3.05) is 40.4 Å². The van der Waals surface area contributed by atoms with E-state index in [0.29, 0.717) is 16.5 Å². The number of nitrogens with zero attached hydrogens (tertiary/aromatic N) is 5. The number of benzene rings is 2. The Kier molecular flexibility index (Phi) is 6.17.